The number of Topliss-reactive ketones (excluding diaryl/α,β-unsaturated/α-hetero) is 2. The lowest BCUT2D eigenvalue weighted by Gasteiger charge is -2.39. The highest BCUT2D eigenvalue weighted by Crippen LogP contribution is 2.71. The van der Waals surface area contributed by atoms with Gasteiger partial charge in [-0.2, -0.15) is 0 Å². The van der Waals surface area contributed by atoms with E-state index >= 15 is 0 Å². The molecule has 2 N–H and O–H groups in total. The van der Waals surface area contributed by atoms with Gasteiger partial charge in [-0.15, -0.1) is 0 Å². The average molecular weight is 431 g/mol. The van der Waals surface area contributed by atoms with Crippen molar-refractivity contribution in [2.24, 2.45) is 32.5 Å². The summed E-state index contributed by atoms with van der Waals surface area (Å²) in [7, 11) is 0. The first-order chi connectivity index (χ1) is 14.2. The Labute approximate surface area is 185 Å². The van der Waals surface area contributed by atoms with Crippen LogP contribution in [0.1, 0.15) is 86.5 Å². The lowest BCUT2D eigenvalue weighted by Crippen LogP contribution is -2.48. The fraction of sp³-hybridized carbons (Fsp3) is 0.840. The van der Waals surface area contributed by atoms with Gasteiger partial charge in [0.2, 0.25) is 11.8 Å². The van der Waals surface area contributed by atoms with Gasteiger partial charge in [0.25, 0.3) is 0 Å². The number of hydrogen-bond donors (Lipinski definition) is 2. The van der Waals surface area contributed by atoms with Gasteiger partial charge in [-0.25, -0.2) is 0 Å². The van der Waals surface area contributed by atoms with Crippen molar-refractivity contribution < 1.29 is 19.2 Å². The summed E-state index contributed by atoms with van der Waals surface area (Å²) in [6.45, 7) is 13.2. The van der Waals surface area contributed by atoms with E-state index in [9.17, 15) is 19.2 Å². The highest BCUT2D eigenvalue weighted by atomic mass is 16.2. The molecule has 2 amide bonds. The molecular formula is C25H38N2O4. The fourth-order valence-electron chi connectivity index (χ4n) is 7.55. The third-order valence-corrected chi connectivity index (χ3v) is 11.2. The van der Waals surface area contributed by atoms with Crippen molar-refractivity contribution in [3.05, 3.63) is 0 Å². The summed E-state index contributed by atoms with van der Waals surface area (Å²) in [6.07, 6.45) is 4.37. The van der Waals surface area contributed by atoms with Crippen LogP contribution >= 0.6 is 0 Å². The van der Waals surface area contributed by atoms with Crippen LogP contribution in [0.3, 0.4) is 0 Å². The van der Waals surface area contributed by atoms with E-state index < -0.39 is 21.7 Å². The molecule has 0 saturated heterocycles. The van der Waals surface area contributed by atoms with Crippen molar-refractivity contribution in [2.75, 3.05) is 13.1 Å². The number of carbonyl (C=O) groups excluding carboxylic acids is 4. The molecule has 4 aliphatic rings. The summed E-state index contributed by atoms with van der Waals surface area (Å²) in [5.74, 6) is 0.377. The van der Waals surface area contributed by atoms with E-state index in [1.54, 1.807) is 0 Å². The minimum Gasteiger partial charge on any atom is -0.356 e. The zero-order valence-electron chi connectivity index (χ0n) is 20.0. The van der Waals surface area contributed by atoms with Gasteiger partial charge in [0, 0.05) is 36.8 Å². The number of amides is 2. The van der Waals surface area contributed by atoms with Gasteiger partial charge in [0.05, 0.1) is 10.8 Å². The van der Waals surface area contributed by atoms with E-state index in [1.807, 2.05) is 13.8 Å². The molecule has 0 heterocycles. The third-order valence-electron chi connectivity index (χ3n) is 11.2. The zero-order chi connectivity index (χ0) is 23.1. The molecule has 0 spiro atoms. The summed E-state index contributed by atoms with van der Waals surface area (Å²) in [5.41, 5.74) is -2.71. The Hall–Kier alpha value is -1.72. The number of nitrogens with one attached hydrogen (secondary N) is 2. The Balaban J connectivity index is 1.30. The van der Waals surface area contributed by atoms with Gasteiger partial charge in [-0.3, -0.25) is 19.2 Å². The molecular weight excluding hydrogens is 392 g/mol. The van der Waals surface area contributed by atoms with E-state index in [0.29, 0.717) is 32.4 Å². The van der Waals surface area contributed by atoms with Gasteiger partial charge >= 0.3 is 0 Å². The first-order valence-electron chi connectivity index (χ1n) is 11.9. The number of carbonyl (C=O) groups is 4. The van der Waals surface area contributed by atoms with E-state index in [0.717, 1.165) is 25.7 Å². The molecule has 172 valence electrons. The Morgan fingerprint density at radius 1 is 0.677 bits per heavy atom. The van der Waals surface area contributed by atoms with Crippen LogP contribution in [0, 0.1) is 32.5 Å². The normalized spacial score (nSPS) is 41.6. The predicted molar refractivity (Wildman–Crippen MR) is 117 cm³/mol. The molecule has 4 fully saturated rings. The summed E-state index contributed by atoms with van der Waals surface area (Å²) in [4.78, 5) is 51.3. The summed E-state index contributed by atoms with van der Waals surface area (Å²) in [6, 6.07) is 0. The van der Waals surface area contributed by atoms with Crippen molar-refractivity contribution in [1.29, 1.82) is 0 Å². The first-order valence-corrected chi connectivity index (χ1v) is 11.9. The smallest absolute Gasteiger partial charge is 0.227 e. The number of fused-ring (bicyclic) bond motifs is 4. The number of ketones is 2. The van der Waals surface area contributed by atoms with Gasteiger partial charge in [0.1, 0.15) is 11.6 Å². The molecule has 4 atom stereocenters. The van der Waals surface area contributed by atoms with Crippen molar-refractivity contribution >= 4 is 23.4 Å². The SMILES string of the molecule is CC1(C)[C@@]2(C(=O)NCCCNC(=O)[C@@]34CC[C@](C)(C(=O)C3)C4(C)C)CC[C@]1(C)C(=O)C2. The van der Waals surface area contributed by atoms with Crippen LogP contribution in [-0.2, 0) is 19.2 Å². The second-order valence-electron chi connectivity index (χ2n) is 12.1. The maximum absolute atomic E-state index is 13.1. The van der Waals surface area contributed by atoms with Crippen LogP contribution in [0.2, 0.25) is 0 Å². The first kappa shape index (κ1) is 22.5. The van der Waals surface area contributed by atoms with Crippen LogP contribution in [0.4, 0.5) is 0 Å². The Morgan fingerprint density at radius 3 is 1.29 bits per heavy atom. The standard InChI is InChI=1S/C25H38N2O4/c1-20(2)22(5)8-10-24(20,14-16(22)28)18(30)26-12-7-13-27-19(31)25-11-9-23(6,17(29)15-25)21(25,3)4/h7-15H2,1-6H3,(H,26,30)(H,27,31)/t22-,23-,24-,25+/m1/s1. The van der Waals surface area contributed by atoms with E-state index in [2.05, 4.69) is 38.3 Å². The van der Waals surface area contributed by atoms with E-state index in [-0.39, 0.29) is 34.2 Å². The van der Waals surface area contributed by atoms with Crippen LogP contribution in [0.5, 0.6) is 0 Å². The van der Waals surface area contributed by atoms with Gasteiger partial charge in [0.15, 0.2) is 0 Å². The molecule has 4 bridgehead atoms. The van der Waals surface area contributed by atoms with Gasteiger partial charge < -0.3 is 10.6 Å². The minimum absolute atomic E-state index is 0.0222. The highest BCUT2D eigenvalue weighted by molar-refractivity contribution is 6.00. The molecule has 4 aliphatic carbocycles. The Kier molecular flexibility index (Phi) is 4.65. The summed E-state index contributed by atoms with van der Waals surface area (Å²) < 4.78 is 0. The van der Waals surface area contributed by atoms with E-state index in [4.69, 9.17) is 0 Å². The lowest BCUT2D eigenvalue weighted by atomic mass is 9.64. The molecule has 0 radical (unpaired) electrons. The Morgan fingerprint density at radius 2 is 1.03 bits per heavy atom. The predicted octanol–water partition coefficient (Wildman–Crippen LogP) is 3.18. The monoisotopic (exact) mass is 430 g/mol. The molecule has 4 saturated carbocycles. The molecule has 0 aromatic carbocycles. The van der Waals surface area contributed by atoms with Crippen LogP contribution in [0.15, 0.2) is 0 Å². The molecule has 4 rings (SSSR count). The topological polar surface area (TPSA) is 92.3 Å². The summed E-state index contributed by atoms with van der Waals surface area (Å²) in [5, 5.41) is 6.09. The van der Waals surface area contributed by atoms with E-state index in [1.165, 1.54) is 0 Å². The fourth-order valence-corrected chi connectivity index (χ4v) is 7.55. The molecule has 31 heavy (non-hydrogen) atoms. The van der Waals surface area contributed by atoms with Crippen molar-refractivity contribution in [3.63, 3.8) is 0 Å². The maximum Gasteiger partial charge on any atom is 0.227 e. The van der Waals surface area contributed by atoms with Crippen LogP contribution in [-0.4, -0.2) is 36.5 Å². The molecule has 0 aromatic rings. The quantitative estimate of drug-likeness (QED) is 0.633. The van der Waals surface area contributed by atoms with Crippen molar-refractivity contribution in [1.82, 2.24) is 10.6 Å². The second kappa shape index (κ2) is 6.41. The highest BCUT2D eigenvalue weighted by Gasteiger charge is 2.73. The summed E-state index contributed by atoms with van der Waals surface area (Å²) >= 11 is 0. The van der Waals surface area contributed by atoms with Crippen LogP contribution in [0.25, 0.3) is 0 Å². The minimum atomic E-state index is -0.608. The number of hydrogen-bond acceptors (Lipinski definition) is 4. The average Bonchev–Trinajstić information content (AvgIpc) is 3.15. The Bertz CT molecular complexity index is 807. The molecule has 0 unspecified atom stereocenters. The lowest BCUT2D eigenvalue weighted by molar-refractivity contribution is -0.136. The van der Waals surface area contributed by atoms with Gasteiger partial charge in [-0.1, -0.05) is 41.5 Å². The van der Waals surface area contributed by atoms with Crippen molar-refractivity contribution in [2.45, 2.75) is 86.5 Å². The van der Waals surface area contributed by atoms with Crippen molar-refractivity contribution in [3.8, 4) is 0 Å². The maximum atomic E-state index is 13.1. The zero-order valence-corrected chi connectivity index (χ0v) is 20.0. The molecule has 6 nitrogen and oxygen atoms in total. The van der Waals surface area contributed by atoms with Gasteiger partial charge in [-0.05, 0) is 42.9 Å². The van der Waals surface area contributed by atoms with Crippen LogP contribution < -0.4 is 10.6 Å². The molecule has 0 aromatic heterocycles. The third kappa shape index (κ3) is 2.40. The largest absolute Gasteiger partial charge is 0.356 e. The second-order valence-corrected chi connectivity index (χ2v) is 12.1. The molecule has 0 aliphatic heterocycles. The molecule has 6 heteroatoms. The number of rotatable bonds is 6.